The molecule has 0 radical (unpaired) electrons. The zero-order chi connectivity index (χ0) is 14.0. The lowest BCUT2D eigenvalue weighted by molar-refractivity contribution is -0.385. The molecule has 0 saturated carbocycles. The minimum atomic E-state index is -1.21. The Hall–Kier alpha value is -2.22. The highest BCUT2D eigenvalue weighted by molar-refractivity contribution is 5.83. The fourth-order valence-electron chi connectivity index (χ4n) is 1.94. The number of carboxylic acids is 1. The van der Waals surface area contributed by atoms with Crippen molar-refractivity contribution in [2.24, 2.45) is 0 Å². The van der Waals surface area contributed by atoms with Crippen molar-refractivity contribution in [3.63, 3.8) is 0 Å². The summed E-state index contributed by atoms with van der Waals surface area (Å²) < 4.78 is 5.11. The van der Waals surface area contributed by atoms with E-state index in [4.69, 9.17) is 4.74 Å². The number of carbonyl (C=O) groups is 1. The maximum atomic E-state index is 11.3. The van der Waals surface area contributed by atoms with Gasteiger partial charge < -0.3 is 15.2 Å². The van der Waals surface area contributed by atoms with Crippen LogP contribution < -0.4 is 5.32 Å². The Morgan fingerprint density at radius 3 is 2.89 bits per heavy atom. The molecule has 0 bridgehead atoms. The molecule has 1 fully saturated rings. The monoisotopic (exact) mass is 267 g/mol. The molecule has 1 aromatic rings. The fraction of sp³-hybridized carbons (Fsp3) is 0.455. The Balaban J connectivity index is 2.26. The number of rotatable bonds is 4. The van der Waals surface area contributed by atoms with Gasteiger partial charge in [-0.1, -0.05) is 0 Å². The predicted molar refractivity (Wildman–Crippen MR) is 65.1 cm³/mol. The number of nitrogens with zero attached hydrogens (tertiary/aromatic N) is 2. The Kier molecular flexibility index (Phi) is 3.34. The van der Waals surface area contributed by atoms with E-state index in [0.29, 0.717) is 18.6 Å². The number of anilines is 1. The van der Waals surface area contributed by atoms with Gasteiger partial charge in [-0.25, -0.2) is 9.78 Å². The van der Waals surface area contributed by atoms with Gasteiger partial charge in [-0.05, 0) is 13.0 Å². The van der Waals surface area contributed by atoms with Gasteiger partial charge in [0.2, 0.25) is 0 Å². The van der Waals surface area contributed by atoms with Crippen molar-refractivity contribution < 1.29 is 19.6 Å². The molecule has 102 valence electrons. The van der Waals surface area contributed by atoms with Crippen LogP contribution in [-0.2, 0) is 9.53 Å². The quantitative estimate of drug-likeness (QED) is 0.616. The highest BCUT2D eigenvalue weighted by Gasteiger charge is 2.43. The van der Waals surface area contributed by atoms with Gasteiger partial charge in [-0.15, -0.1) is 0 Å². The van der Waals surface area contributed by atoms with Gasteiger partial charge in [0.1, 0.15) is 12.0 Å². The largest absolute Gasteiger partial charge is 0.479 e. The fourth-order valence-corrected chi connectivity index (χ4v) is 1.94. The van der Waals surface area contributed by atoms with Gasteiger partial charge in [0.05, 0.1) is 11.5 Å². The van der Waals surface area contributed by atoms with Crippen LogP contribution in [0, 0.1) is 17.0 Å². The Morgan fingerprint density at radius 1 is 1.68 bits per heavy atom. The Morgan fingerprint density at radius 2 is 2.42 bits per heavy atom. The van der Waals surface area contributed by atoms with Gasteiger partial charge >= 0.3 is 5.97 Å². The zero-order valence-corrected chi connectivity index (χ0v) is 10.3. The summed E-state index contributed by atoms with van der Waals surface area (Å²) in [5.41, 5.74) is -0.894. The second-order valence-electron chi connectivity index (χ2n) is 4.43. The van der Waals surface area contributed by atoms with Crippen molar-refractivity contribution in [1.82, 2.24) is 4.98 Å². The lowest BCUT2D eigenvalue weighted by atomic mass is 9.99. The van der Waals surface area contributed by atoms with Gasteiger partial charge in [-0.2, -0.15) is 0 Å². The summed E-state index contributed by atoms with van der Waals surface area (Å²) in [5.74, 6) is -0.737. The van der Waals surface area contributed by atoms with Gasteiger partial charge in [-0.3, -0.25) is 10.1 Å². The summed E-state index contributed by atoms with van der Waals surface area (Å²) in [7, 11) is 0. The molecule has 2 N–H and O–H groups in total. The van der Waals surface area contributed by atoms with Gasteiger partial charge in [0.15, 0.2) is 5.54 Å². The van der Waals surface area contributed by atoms with E-state index < -0.39 is 16.4 Å². The van der Waals surface area contributed by atoms with Crippen LogP contribution in [0.4, 0.5) is 11.5 Å². The minimum absolute atomic E-state index is 0.0417. The lowest BCUT2D eigenvalue weighted by Crippen LogP contribution is -2.47. The Bertz CT molecular complexity index is 525. The van der Waals surface area contributed by atoms with Crippen LogP contribution >= 0.6 is 0 Å². The first kappa shape index (κ1) is 13.2. The molecule has 1 aliphatic rings. The molecule has 1 unspecified atom stereocenters. The zero-order valence-electron chi connectivity index (χ0n) is 10.3. The van der Waals surface area contributed by atoms with Crippen LogP contribution in [-0.4, -0.2) is 39.7 Å². The molecule has 1 aromatic heterocycles. The molecule has 1 aliphatic heterocycles. The molecule has 0 aromatic carbocycles. The summed E-state index contributed by atoms with van der Waals surface area (Å²) in [6, 6.07) is 1.46. The predicted octanol–water partition coefficient (Wildman–Crippen LogP) is 0.954. The first-order valence-corrected chi connectivity index (χ1v) is 5.65. The normalized spacial score (nSPS) is 22.2. The standard InChI is InChI=1S/C11H13N3O5/c1-7-4-9(12-5-8(7)14(17)18)13-11(10(15)16)2-3-19-6-11/h4-5H,2-3,6H2,1H3,(H,12,13)(H,15,16). The van der Waals surface area contributed by atoms with E-state index in [2.05, 4.69) is 10.3 Å². The average Bonchev–Trinajstić information content (AvgIpc) is 2.78. The maximum absolute atomic E-state index is 11.3. The van der Waals surface area contributed by atoms with E-state index >= 15 is 0 Å². The molecule has 19 heavy (non-hydrogen) atoms. The molecule has 0 aliphatic carbocycles. The van der Waals surface area contributed by atoms with E-state index in [1.54, 1.807) is 6.92 Å². The maximum Gasteiger partial charge on any atom is 0.331 e. The molecule has 8 nitrogen and oxygen atoms in total. The first-order valence-electron chi connectivity index (χ1n) is 5.65. The topological polar surface area (TPSA) is 115 Å². The van der Waals surface area contributed by atoms with Crippen molar-refractivity contribution in [3.05, 3.63) is 27.9 Å². The summed E-state index contributed by atoms with van der Waals surface area (Å²) in [4.78, 5) is 25.3. The van der Waals surface area contributed by atoms with Crippen molar-refractivity contribution >= 4 is 17.5 Å². The second kappa shape index (κ2) is 4.81. The molecule has 2 rings (SSSR count). The van der Waals surface area contributed by atoms with Crippen molar-refractivity contribution in [2.75, 3.05) is 18.5 Å². The number of aryl methyl sites for hydroxylation is 1. The van der Waals surface area contributed by atoms with Crippen LogP contribution in [0.1, 0.15) is 12.0 Å². The van der Waals surface area contributed by atoms with Crippen molar-refractivity contribution in [1.29, 1.82) is 0 Å². The van der Waals surface area contributed by atoms with Crippen molar-refractivity contribution in [3.8, 4) is 0 Å². The third-order valence-electron chi connectivity index (χ3n) is 3.08. The number of aliphatic carboxylic acids is 1. The van der Waals surface area contributed by atoms with E-state index in [0.717, 1.165) is 6.20 Å². The summed E-state index contributed by atoms with van der Waals surface area (Å²) in [6.45, 7) is 1.97. The smallest absolute Gasteiger partial charge is 0.331 e. The number of hydrogen-bond acceptors (Lipinski definition) is 6. The number of hydrogen-bond donors (Lipinski definition) is 2. The molecule has 0 amide bonds. The number of nitrogens with one attached hydrogen (secondary N) is 1. The molecule has 2 heterocycles. The number of carboxylic acid groups (broad SMARTS) is 1. The van der Waals surface area contributed by atoms with Crippen LogP contribution in [0.15, 0.2) is 12.3 Å². The van der Waals surface area contributed by atoms with Crippen LogP contribution in [0.25, 0.3) is 0 Å². The van der Waals surface area contributed by atoms with Crippen LogP contribution in [0.3, 0.4) is 0 Å². The Labute approximate surface area is 108 Å². The second-order valence-corrected chi connectivity index (χ2v) is 4.43. The average molecular weight is 267 g/mol. The van der Waals surface area contributed by atoms with Crippen LogP contribution in [0.5, 0.6) is 0 Å². The minimum Gasteiger partial charge on any atom is -0.479 e. The number of pyridine rings is 1. The third-order valence-corrected chi connectivity index (χ3v) is 3.08. The number of nitro groups is 1. The first-order chi connectivity index (χ1) is 8.94. The van der Waals surface area contributed by atoms with E-state index in [1.807, 2.05) is 0 Å². The van der Waals surface area contributed by atoms with Gasteiger partial charge in [0.25, 0.3) is 5.69 Å². The highest BCUT2D eigenvalue weighted by Crippen LogP contribution is 2.26. The molecular formula is C11H13N3O5. The highest BCUT2D eigenvalue weighted by atomic mass is 16.6. The van der Waals surface area contributed by atoms with Crippen molar-refractivity contribution in [2.45, 2.75) is 18.9 Å². The molecule has 0 spiro atoms. The van der Waals surface area contributed by atoms with E-state index in [1.165, 1.54) is 6.07 Å². The third kappa shape index (κ3) is 2.48. The van der Waals surface area contributed by atoms with E-state index in [9.17, 15) is 20.0 Å². The summed E-state index contributed by atoms with van der Waals surface area (Å²) in [5, 5.41) is 22.7. The molecule has 8 heteroatoms. The summed E-state index contributed by atoms with van der Waals surface area (Å²) >= 11 is 0. The summed E-state index contributed by atoms with van der Waals surface area (Å²) in [6.07, 6.45) is 1.43. The lowest BCUT2D eigenvalue weighted by Gasteiger charge is -2.24. The molecular weight excluding hydrogens is 254 g/mol. The molecule has 1 saturated heterocycles. The van der Waals surface area contributed by atoms with Gasteiger partial charge in [0, 0.05) is 18.6 Å². The SMILES string of the molecule is Cc1cc(NC2(C(=O)O)CCOC2)ncc1[N+](=O)[O-]. The van der Waals surface area contributed by atoms with Crippen LogP contribution in [0.2, 0.25) is 0 Å². The molecule has 1 atom stereocenters. The van der Waals surface area contributed by atoms with E-state index in [-0.39, 0.29) is 18.1 Å². The number of aromatic nitrogens is 1. The number of ether oxygens (including phenoxy) is 1.